The number of nitrogens with zero attached hydrogens (tertiary/aromatic N) is 4. The predicted molar refractivity (Wildman–Crippen MR) is 83.1 cm³/mol. The number of unbranched alkanes of at least 4 members (excludes halogenated alkanes) is 1. The highest BCUT2D eigenvalue weighted by atomic mass is 16.5. The van der Waals surface area contributed by atoms with Gasteiger partial charge in [0.1, 0.15) is 12.9 Å². The number of fused-ring (bicyclic) bond motifs is 1. The maximum absolute atomic E-state index is 12.7. The molecule has 7 heteroatoms. The van der Waals surface area contributed by atoms with Crippen LogP contribution in [0, 0.1) is 0 Å². The van der Waals surface area contributed by atoms with Gasteiger partial charge < -0.3 is 19.4 Å². The molecule has 2 atom stereocenters. The number of carbonyl (C=O) groups is 2. The van der Waals surface area contributed by atoms with Crippen LogP contribution in [0.2, 0.25) is 0 Å². The van der Waals surface area contributed by atoms with Crippen LogP contribution in [0.1, 0.15) is 40.5 Å². The number of likely N-dealkylation sites (N-methyl/N-ethyl adjacent to an activating group) is 3. The van der Waals surface area contributed by atoms with Crippen molar-refractivity contribution in [2.24, 2.45) is 0 Å². The quantitative estimate of drug-likeness (QED) is 0.644. The summed E-state index contributed by atoms with van der Waals surface area (Å²) in [5.74, 6) is 0. The zero-order chi connectivity index (χ0) is 16.3. The number of hydrogen-bond acceptors (Lipinski definition) is 3. The minimum atomic E-state index is -0.244. The Balaban J connectivity index is 2.19. The van der Waals surface area contributed by atoms with Crippen LogP contribution >= 0.6 is 0 Å². The van der Waals surface area contributed by atoms with E-state index in [9.17, 15) is 9.59 Å². The first-order chi connectivity index (χ1) is 10.6. The Morgan fingerprint density at radius 2 is 1.27 bits per heavy atom. The van der Waals surface area contributed by atoms with E-state index < -0.39 is 0 Å². The largest absolute Gasteiger partial charge is 0.361 e. The molecule has 0 saturated carbocycles. The van der Waals surface area contributed by atoms with Crippen molar-refractivity contribution >= 4 is 12.1 Å². The van der Waals surface area contributed by atoms with E-state index in [0.29, 0.717) is 26.2 Å². The monoisotopic (exact) mass is 312 g/mol. The Labute approximate surface area is 132 Å². The van der Waals surface area contributed by atoms with Crippen LogP contribution in [0.15, 0.2) is 0 Å². The van der Waals surface area contributed by atoms with E-state index in [1.165, 1.54) is 0 Å². The SMILES string of the molecule is CCCCOCN1C(=O)N(CC)C2C1N(CC)C(=O)N2CC. The smallest absolute Gasteiger partial charge is 0.325 e. The van der Waals surface area contributed by atoms with E-state index in [1.54, 1.807) is 19.6 Å². The lowest BCUT2D eigenvalue weighted by Crippen LogP contribution is -2.47. The van der Waals surface area contributed by atoms with Crippen LogP contribution in [0.3, 0.4) is 0 Å². The van der Waals surface area contributed by atoms with E-state index in [4.69, 9.17) is 4.74 Å². The minimum Gasteiger partial charge on any atom is -0.361 e. The molecule has 0 aromatic carbocycles. The third kappa shape index (κ3) is 2.62. The second-order valence-corrected chi connectivity index (χ2v) is 5.61. The van der Waals surface area contributed by atoms with Crippen LogP contribution < -0.4 is 0 Å². The summed E-state index contributed by atoms with van der Waals surface area (Å²) in [7, 11) is 0. The Morgan fingerprint density at radius 3 is 1.73 bits per heavy atom. The summed E-state index contributed by atoms with van der Waals surface area (Å²) in [6.45, 7) is 10.6. The summed E-state index contributed by atoms with van der Waals surface area (Å²) in [4.78, 5) is 32.2. The molecule has 0 aliphatic carbocycles. The number of ether oxygens (including phenoxy) is 1. The van der Waals surface area contributed by atoms with Gasteiger partial charge in [-0.2, -0.15) is 0 Å². The molecule has 2 heterocycles. The van der Waals surface area contributed by atoms with Crippen molar-refractivity contribution in [2.75, 3.05) is 33.0 Å². The summed E-state index contributed by atoms with van der Waals surface area (Å²) in [6, 6.07) is -0.0390. The van der Waals surface area contributed by atoms with Gasteiger partial charge in [-0.1, -0.05) is 13.3 Å². The molecule has 7 nitrogen and oxygen atoms in total. The van der Waals surface area contributed by atoms with E-state index >= 15 is 0 Å². The molecule has 2 aliphatic rings. The molecular weight excluding hydrogens is 284 g/mol. The molecule has 4 amide bonds. The van der Waals surface area contributed by atoms with Gasteiger partial charge in [0, 0.05) is 26.2 Å². The van der Waals surface area contributed by atoms with Crippen molar-refractivity contribution in [3.8, 4) is 0 Å². The van der Waals surface area contributed by atoms with E-state index in [0.717, 1.165) is 12.8 Å². The summed E-state index contributed by atoms with van der Waals surface area (Å²) in [6.07, 6.45) is 1.59. The van der Waals surface area contributed by atoms with Crippen LogP contribution in [0.25, 0.3) is 0 Å². The van der Waals surface area contributed by atoms with Crippen molar-refractivity contribution in [1.82, 2.24) is 19.6 Å². The molecule has 0 radical (unpaired) electrons. The van der Waals surface area contributed by atoms with Gasteiger partial charge in [-0.15, -0.1) is 0 Å². The molecular formula is C15H28N4O3. The van der Waals surface area contributed by atoms with Gasteiger partial charge in [0.15, 0.2) is 6.17 Å². The maximum atomic E-state index is 12.7. The summed E-state index contributed by atoms with van der Waals surface area (Å²) in [5.41, 5.74) is 0. The highest BCUT2D eigenvalue weighted by Crippen LogP contribution is 2.34. The number of rotatable bonds is 8. The van der Waals surface area contributed by atoms with Gasteiger partial charge in [0.25, 0.3) is 0 Å². The van der Waals surface area contributed by atoms with Gasteiger partial charge >= 0.3 is 12.1 Å². The molecule has 126 valence electrons. The lowest BCUT2D eigenvalue weighted by Gasteiger charge is -2.28. The highest BCUT2D eigenvalue weighted by molar-refractivity contribution is 5.85. The van der Waals surface area contributed by atoms with Crippen molar-refractivity contribution in [2.45, 2.75) is 52.9 Å². The molecule has 22 heavy (non-hydrogen) atoms. The molecule has 2 rings (SSSR count). The summed E-state index contributed by atoms with van der Waals surface area (Å²) >= 11 is 0. The van der Waals surface area contributed by atoms with Crippen molar-refractivity contribution in [3.63, 3.8) is 0 Å². The first-order valence-corrected chi connectivity index (χ1v) is 8.34. The fraction of sp³-hybridized carbons (Fsp3) is 0.867. The Hall–Kier alpha value is -1.50. The molecule has 0 N–H and O–H groups in total. The lowest BCUT2D eigenvalue weighted by atomic mass is 10.3. The number of urea groups is 2. The molecule has 2 aliphatic heterocycles. The van der Waals surface area contributed by atoms with Crippen LogP contribution in [0.5, 0.6) is 0 Å². The third-order valence-corrected chi connectivity index (χ3v) is 4.42. The first kappa shape index (κ1) is 16.9. The molecule has 0 spiro atoms. The third-order valence-electron chi connectivity index (χ3n) is 4.42. The van der Waals surface area contributed by atoms with Crippen LogP contribution in [-0.4, -0.2) is 77.0 Å². The van der Waals surface area contributed by atoms with Crippen molar-refractivity contribution in [3.05, 3.63) is 0 Å². The van der Waals surface area contributed by atoms with Crippen molar-refractivity contribution in [1.29, 1.82) is 0 Å². The molecule has 0 bridgehead atoms. The van der Waals surface area contributed by atoms with E-state index in [2.05, 4.69) is 6.92 Å². The maximum Gasteiger partial charge on any atom is 0.325 e. The van der Waals surface area contributed by atoms with Gasteiger partial charge in [0.2, 0.25) is 0 Å². The Kier molecular flexibility index (Phi) is 5.50. The summed E-state index contributed by atoms with van der Waals surface area (Å²) in [5, 5.41) is 0. The van der Waals surface area contributed by atoms with Gasteiger partial charge in [-0.25, -0.2) is 9.59 Å². The number of carbonyl (C=O) groups excluding carboxylic acids is 2. The molecule has 2 saturated heterocycles. The lowest BCUT2D eigenvalue weighted by molar-refractivity contribution is 0.0108. The second kappa shape index (κ2) is 7.17. The Bertz CT molecular complexity index is 416. The molecule has 2 fully saturated rings. The molecule has 0 aromatic heterocycles. The standard InChI is InChI=1S/C15H28N4O3/c1-5-9-10-22-11-19-13-12(17(7-3)15(19)21)16(6-2)14(20)18(13)8-4/h12-13H,5-11H2,1-4H3. The Morgan fingerprint density at radius 1 is 0.818 bits per heavy atom. The fourth-order valence-electron chi connectivity index (χ4n) is 3.27. The number of amides is 4. The number of hydrogen-bond donors (Lipinski definition) is 0. The topological polar surface area (TPSA) is 56.3 Å². The normalized spacial score (nSPS) is 24.7. The van der Waals surface area contributed by atoms with Gasteiger partial charge in [0.05, 0.1) is 0 Å². The fourth-order valence-corrected chi connectivity index (χ4v) is 3.27. The molecule has 2 unspecified atom stereocenters. The zero-order valence-electron chi connectivity index (χ0n) is 14.1. The van der Waals surface area contributed by atoms with Crippen LogP contribution in [0.4, 0.5) is 9.59 Å². The second-order valence-electron chi connectivity index (χ2n) is 5.61. The van der Waals surface area contributed by atoms with E-state index in [-0.39, 0.29) is 31.1 Å². The zero-order valence-corrected chi connectivity index (χ0v) is 14.1. The van der Waals surface area contributed by atoms with Gasteiger partial charge in [-0.3, -0.25) is 4.90 Å². The summed E-state index contributed by atoms with van der Waals surface area (Å²) < 4.78 is 5.65. The minimum absolute atomic E-state index is 0.00417. The average molecular weight is 312 g/mol. The van der Waals surface area contributed by atoms with Crippen molar-refractivity contribution < 1.29 is 14.3 Å². The van der Waals surface area contributed by atoms with Crippen LogP contribution in [-0.2, 0) is 4.74 Å². The highest BCUT2D eigenvalue weighted by Gasteiger charge is 2.57. The predicted octanol–water partition coefficient (Wildman–Crippen LogP) is 1.95. The van der Waals surface area contributed by atoms with E-state index in [1.807, 2.05) is 20.8 Å². The first-order valence-electron chi connectivity index (χ1n) is 8.34. The average Bonchev–Trinajstić information content (AvgIpc) is 2.94. The molecule has 0 aromatic rings. The van der Waals surface area contributed by atoms with Gasteiger partial charge in [-0.05, 0) is 27.2 Å².